The van der Waals surface area contributed by atoms with E-state index in [1.807, 2.05) is 12.1 Å². The Morgan fingerprint density at radius 2 is 1.90 bits per heavy atom. The monoisotopic (exact) mass is 450 g/mol. The third-order valence-electron chi connectivity index (χ3n) is 6.95. The second-order valence-corrected chi connectivity index (χ2v) is 10.0. The van der Waals surface area contributed by atoms with Crippen molar-refractivity contribution < 1.29 is 18.7 Å². The van der Waals surface area contributed by atoms with Gasteiger partial charge in [0.25, 0.3) is 5.91 Å². The van der Waals surface area contributed by atoms with Crippen molar-refractivity contribution in [1.29, 1.82) is 0 Å². The Hall–Kier alpha value is -1.84. The van der Waals surface area contributed by atoms with E-state index in [1.54, 1.807) is 17.4 Å². The smallest absolute Gasteiger partial charge is 0.251 e. The highest BCUT2D eigenvalue weighted by atomic mass is 32.1. The van der Waals surface area contributed by atoms with Gasteiger partial charge in [0, 0.05) is 56.2 Å². The number of anilines is 1. The number of hydrogen-bond acceptors (Lipinski definition) is 6. The molecular weight excluding hydrogens is 422 g/mol. The van der Waals surface area contributed by atoms with Gasteiger partial charge in [0.2, 0.25) is 5.92 Å². The number of rotatable bonds is 5. The Morgan fingerprint density at radius 3 is 2.58 bits per heavy atom. The molecule has 2 atom stereocenters. The fraction of sp³-hybridized carbons (Fsp3) is 0.636. The molecule has 0 radical (unpaired) electrons. The van der Waals surface area contributed by atoms with Crippen molar-refractivity contribution in [2.45, 2.75) is 62.6 Å². The number of carbonyl (C=O) groups is 1. The van der Waals surface area contributed by atoms with Crippen LogP contribution >= 0.6 is 11.3 Å². The normalized spacial score (nSPS) is 26.5. The summed E-state index contributed by atoms with van der Waals surface area (Å²) in [4.78, 5) is 22.2. The summed E-state index contributed by atoms with van der Waals surface area (Å²) in [5.41, 5.74) is 1.42. The molecule has 3 heterocycles. The number of aliphatic hydroxyl groups is 1. The lowest BCUT2D eigenvalue weighted by Crippen LogP contribution is -2.54. The van der Waals surface area contributed by atoms with E-state index in [2.05, 4.69) is 15.1 Å². The molecule has 2 aromatic rings. The SMILES string of the molecule is O=C(NC1CCC(F)(F)CC1)c1ccc2nc(N3CC4CCC(C3)N4CCO)sc2c1. The highest BCUT2D eigenvalue weighted by molar-refractivity contribution is 7.22. The van der Waals surface area contributed by atoms with Gasteiger partial charge in [-0.1, -0.05) is 11.3 Å². The number of carbonyl (C=O) groups excluding carboxylic acids is 1. The molecule has 3 aliphatic rings. The zero-order valence-electron chi connectivity index (χ0n) is 17.4. The summed E-state index contributed by atoms with van der Waals surface area (Å²) in [6.45, 7) is 2.76. The maximum atomic E-state index is 13.3. The summed E-state index contributed by atoms with van der Waals surface area (Å²) in [6, 6.07) is 6.23. The van der Waals surface area contributed by atoms with Gasteiger partial charge in [-0.25, -0.2) is 13.8 Å². The van der Waals surface area contributed by atoms with Crippen LogP contribution in [0.4, 0.5) is 13.9 Å². The van der Waals surface area contributed by atoms with Gasteiger partial charge in [-0.05, 0) is 43.9 Å². The summed E-state index contributed by atoms with van der Waals surface area (Å²) < 4.78 is 27.7. The van der Waals surface area contributed by atoms with Crippen molar-refractivity contribution in [3.05, 3.63) is 23.8 Å². The Kier molecular flexibility index (Phi) is 5.60. The van der Waals surface area contributed by atoms with Crippen LogP contribution in [0.1, 0.15) is 48.9 Å². The van der Waals surface area contributed by atoms with Crippen molar-refractivity contribution in [1.82, 2.24) is 15.2 Å². The van der Waals surface area contributed by atoms with Gasteiger partial charge in [-0.15, -0.1) is 0 Å². The van der Waals surface area contributed by atoms with Gasteiger partial charge in [0.15, 0.2) is 5.13 Å². The molecule has 1 aliphatic carbocycles. The predicted octanol–water partition coefficient (Wildman–Crippen LogP) is 3.25. The number of hydrogen-bond donors (Lipinski definition) is 2. The number of piperazine rings is 1. The third kappa shape index (κ3) is 4.27. The molecule has 2 saturated heterocycles. The number of aromatic nitrogens is 1. The van der Waals surface area contributed by atoms with Crippen LogP contribution in [0.3, 0.4) is 0 Å². The predicted molar refractivity (Wildman–Crippen MR) is 117 cm³/mol. The number of nitrogens with one attached hydrogen (secondary N) is 1. The molecule has 31 heavy (non-hydrogen) atoms. The average molecular weight is 451 g/mol. The molecule has 1 saturated carbocycles. The lowest BCUT2D eigenvalue weighted by Gasteiger charge is -2.40. The van der Waals surface area contributed by atoms with E-state index >= 15 is 0 Å². The number of nitrogens with zero attached hydrogens (tertiary/aromatic N) is 3. The van der Waals surface area contributed by atoms with Crippen LogP contribution in [0.2, 0.25) is 0 Å². The highest BCUT2D eigenvalue weighted by Crippen LogP contribution is 2.36. The number of aliphatic hydroxyl groups excluding tert-OH is 1. The van der Waals surface area contributed by atoms with E-state index < -0.39 is 5.92 Å². The molecule has 2 unspecified atom stereocenters. The first-order chi connectivity index (χ1) is 14.9. The minimum atomic E-state index is -2.60. The molecule has 2 N–H and O–H groups in total. The standard InChI is InChI=1S/C22H28F2N4O2S/c23-22(24)7-5-15(6-8-22)25-20(30)14-1-4-18-19(11-14)31-21(26-18)27-12-16-2-3-17(13-27)28(16)9-10-29/h1,4,11,15-17,29H,2-3,5-10,12-13H2,(H,25,30). The van der Waals surface area contributed by atoms with Gasteiger partial charge < -0.3 is 15.3 Å². The molecule has 2 bridgehead atoms. The van der Waals surface area contributed by atoms with E-state index in [0.29, 0.717) is 30.5 Å². The number of thiazole rings is 1. The first kappa shape index (κ1) is 21.0. The Morgan fingerprint density at radius 1 is 1.19 bits per heavy atom. The molecule has 1 aromatic carbocycles. The first-order valence-electron chi connectivity index (χ1n) is 11.1. The number of amides is 1. The fourth-order valence-electron chi connectivity index (χ4n) is 5.27. The zero-order valence-corrected chi connectivity index (χ0v) is 18.2. The molecular formula is C22H28F2N4O2S. The largest absolute Gasteiger partial charge is 0.395 e. The van der Waals surface area contributed by atoms with Gasteiger partial charge >= 0.3 is 0 Å². The van der Waals surface area contributed by atoms with Crippen LogP contribution in [0.25, 0.3) is 10.2 Å². The zero-order chi connectivity index (χ0) is 21.6. The summed E-state index contributed by atoms with van der Waals surface area (Å²) >= 11 is 1.60. The van der Waals surface area contributed by atoms with Crippen molar-refractivity contribution in [2.24, 2.45) is 0 Å². The minimum absolute atomic E-state index is 0.164. The second kappa shape index (κ2) is 8.26. The molecule has 1 aromatic heterocycles. The molecule has 1 amide bonds. The summed E-state index contributed by atoms with van der Waals surface area (Å²) in [7, 11) is 0. The molecule has 9 heteroatoms. The van der Waals surface area contributed by atoms with Crippen LogP contribution in [-0.2, 0) is 0 Å². The van der Waals surface area contributed by atoms with E-state index in [9.17, 15) is 18.7 Å². The summed E-state index contributed by atoms with van der Waals surface area (Å²) in [6.07, 6.45) is 2.62. The number of halogens is 2. The van der Waals surface area contributed by atoms with Crippen LogP contribution < -0.4 is 10.2 Å². The highest BCUT2D eigenvalue weighted by Gasteiger charge is 2.40. The van der Waals surface area contributed by atoms with E-state index in [4.69, 9.17) is 4.98 Å². The Bertz CT molecular complexity index is 944. The first-order valence-corrected chi connectivity index (χ1v) is 11.9. The summed E-state index contributed by atoms with van der Waals surface area (Å²) in [5, 5.41) is 13.2. The van der Waals surface area contributed by atoms with Crippen LogP contribution in [0.5, 0.6) is 0 Å². The topological polar surface area (TPSA) is 68.7 Å². The average Bonchev–Trinajstić information content (AvgIpc) is 3.26. The molecule has 0 spiro atoms. The maximum absolute atomic E-state index is 13.3. The molecule has 2 aliphatic heterocycles. The van der Waals surface area contributed by atoms with Crippen molar-refractivity contribution in [2.75, 3.05) is 31.1 Å². The van der Waals surface area contributed by atoms with Gasteiger partial charge in [-0.2, -0.15) is 0 Å². The molecule has 5 rings (SSSR count). The van der Waals surface area contributed by atoms with Crippen molar-refractivity contribution in [3.63, 3.8) is 0 Å². The third-order valence-corrected chi connectivity index (χ3v) is 8.03. The lowest BCUT2D eigenvalue weighted by molar-refractivity contribution is -0.0399. The maximum Gasteiger partial charge on any atom is 0.251 e. The Balaban J connectivity index is 1.27. The van der Waals surface area contributed by atoms with Crippen LogP contribution in [0.15, 0.2) is 18.2 Å². The van der Waals surface area contributed by atoms with Crippen LogP contribution in [-0.4, -0.2) is 71.2 Å². The molecule has 6 nitrogen and oxygen atoms in total. The van der Waals surface area contributed by atoms with E-state index in [1.165, 1.54) is 0 Å². The molecule has 168 valence electrons. The number of alkyl halides is 2. The Labute approximate surface area is 184 Å². The van der Waals surface area contributed by atoms with Crippen LogP contribution in [0, 0.1) is 0 Å². The number of fused-ring (bicyclic) bond motifs is 3. The van der Waals surface area contributed by atoms with E-state index in [-0.39, 0.29) is 31.4 Å². The van der Waals surface area contributed by atoms with E-state index in [0.717, 1.165) is 47.8 Å². The van der Waals surface area contributed by atoms with Gasteiger partial charge in [0.05, 0.1) is 16.8 Å². The van der Waals surface area contributed by atoms with Crippen molar-refractivity contribution >= 4 is 32.6 Å². The molecule has 3 fully saturated rings. The lowest BCUT2D eigenvalue weighted by atomic mass is 9.92. The van der Waals surface area contributed by atoms with Crippen molar-refractivity contribution in [3.8, 4) is 0 Å². The quantitative estimate of drug-likeness (QED) is 0.732. The minimum Gasteiger partial charge on any atom is -0.395 e. The van der Waals surface area contributed by atoms with Gasteiger partial charge in [0.1, 0.15) is 0 Å². The second-order valence-electron chi connectivity index (χ2n) is 9.03. The number of benzene rings is 1. The van der Waals surface area contributed by atoms with Gasteiger partial charge in [-0.3, -0.25) is 9.69 Å². The fourth-order valence-corrected chi connectivity index (χ4v) is 6.29. The summed E-state index contributed by atoms with van der Waals surface area (Å²) in [5.74, 6) is -2.80.